The van der Waals surface area contributed by atoms with Gasteiger partial charge in [-0.25, -0.2) is 9.78 Å². The second-order valence-corrected chi connectivity index (χ2v) is 13.1. The van der Waals surface area contributed by atoms with Crippen LogP contribution in [0.2, 0.25) is 0 Å². The molecule has 2 atom stereocenters. The van der Waals surface area contributed by atoms with Crippen molar-refractivity contribution in [3.05, 3.63) is 60.1 Å². The number of anilines is 3. The van der Waals surface area contributed by atoms with Crippen molar-refractivity contribution in [2.24, 2.45) is 0 Å². The first kappa shape index (κ1) is 30.9. The zero-order chi connectivity index (χ0) is 30.7. The highest BCUT2D eigenvalue weighted by Gasteiger charge is 2.47. The molecule has 1 aliphatic rings. The van der Waals surface area contributed by atoms with E-state index in [2.05, 4.69) is 26.1 Å². The molecule has 13 nitrogen and oxygen atoms in total. The van der Waals surface area contributed by atoms with Gasteiger partial charge in [-0.1, -0.05) is 30.2 Å². The van der Waals surface area contributed by atoms with Crippen molar-refractivity contribution in [1.82, 2.24) is 10.1 Å². The van der Waals surface area contributed by atoms with Crippen LogP contribution in [-0.2, 0) is 19.8 Å². The molecule has 14 heteroatoms. The van der Waals surface area contributed by atoms with E-state index in [1.54, 1.807) is 42.5 Å². The van der Waals surface area contributed by atoms with E-state index in [0.29, 0.717) is 48.2 Å². The lowest BCUT2D eigenvalue weighted by Crippen LogP contribution is -2.53. The highest BCUT2D eigenvalue weighted by atomic mass is 32.2. The standard InChI is InChI=1S/C28H36N6O7S/c1-18(2)34(41-42(6,37)38)14-13-22(17-34)39-21-11-12-23(29-16-21)26(35)30-19-7-9-20(10-8-19)31-27(36)32-25-15-24(40-33-25)28(3,4)5/h7-12,15-16,18,22H,13-14,17H2,1-6H3,(H2-,29,30,31,32,33,35,36)/p+1/t22-,34?/m1/s1. The number of urea groups is 1. The number of nitrogens with one attached hydrogen (secondary N) is 3. The number of carbonyl (C=O) groups excluding carboxylic acids is 2. The summed E-state index contributed by atoms with van der Waals surface area (Å²) in [6, 6.07) is 10.9. The fourth-order valence-electron chi connectivity index (χ4n) is 4.45. The Morgan fingerprint density at radius 1 is 1.05 bits per heavy atom. The van der Waals surface area contributed by atoms with E-state index in [4.69, 9.17) is 13.5 Å². The number of pyridine rings is 1. The van der Waals surface area contributed by atoms with Gasteiger partial charge in [-0.15, -0.1) is 0 Å². The van der Waals surface area contributed by atoms with Crippen LogP contribution in [0.3, 0.4) is 0 Å². The van der Waals surface area contributed by atoms with Gasteiger partial charge in [-0.3, -0.25) is 10.1 Å². The van der Waals surface area contributed by atoms with Gasteiger partial charge in [-0.2, -0.15) is 13.1 Å². The van der Waals surface area contributed by atoms with Crippen LogP contribution in [0.5, 0.6) is 5.75 Å². The summed E-state index contributed by atoms with van der Waals surface area (Å²) in [5.41, 5.74) is 0.979. The maximum Gasteiger partial charge on any atom is 0.324 e. The Kier molecular flexibility index (Phi) is 8.89. The predicted molar refractivity (Wildman–Crippen MR) is 157 cm³/mol. The molecule has 0 bridgehead atoms. The third-order valence-electron chi connectivity index (χ3n) is 6.73. The minimum atomic E-state index is -3.64. The number of hydroxylamine groups is 3. The van der Waals surface area contributed by atoms with Crippen LogP contribution in [0.25, 0.3) is 0 Å². The molecule has 4 rings (SSSR count). The maximum absolute atomic E-state index is 12.7. The van der Waals surface area contributed by atoms with Gasteiger partial charge in [0.2, 0.25) is 0 Å². The average molecular weight is 602 g/mol. The number of benzene rings is 1. The van der Waals surface area contributed by atoms with Crippen molar-refractivity contribution in [1.29, 1.82) is 0 Å². The summed E-state index contributed by atoms with van der Waals surface area (Å²) >= 11 is 0. The number of likely N-dealkylation sites (tertiary alicyclic amines) is 1. The van der Waals surface area contributed by atoms with Crippen molar-refractivity contribution in [3.63, 3.8) is 0 Å². The molecule has 226 valence electrons. The Hall–Kier alpha value is -4.01. The molecule has 1 aliphatic heterocycles. The number of nitrogens with zero attached hydrogens (tertiary/aromatic N) is 3. The molecule has 0 spiro atoms. The highest BCUT2D eigenvalue weighted by molar-refractivity contribution is 7.85. The van der Waals surface area contributed by atoms with Gasteiger partial charge in [0.25, 0.3) is 5.91 Å². The number of carbonyl (C=O) groups is 2. The Bertz CT molecular complexity index is 1520. The Labute approximate surface area is 245 Å². The van der Waals surface area contributed by atoms with Gasteiger partial charge in [-0.05, 0) is 50.2 Å². The Morgan fingerprint density at radius 3 is 2.26 bits per heavy atom. The molecule has 42 heavy (non-hydrogen) atoms. The van der Waals surface area contributed by atoms with Crippen LogP contribution in [0.4, 0.5) is 22.0 Å². The fourth-order valence-corrected chi connectivity index (χ4v) is 5.30. The van der Waals surface area contributed by atoms with Crippen LogP contribution in [0.1, 0.15) is 57.3 Å². The second kappa shape index (κ2) is 12.1. The van der Waals surface area contributed by atoms with Gasteiger partial charge in [0.1, 0.15) is 36.3 Å². The molecular weight excluding hydrogens is 564 g/mol. The summed E-state index contributed by atoms with van der Waals surface area (Å²) in [5, 5.41) is 11.9. The topological polar surface area (TPSA) is 162 Å². The molecule has 1 saturated heterocycles. The van der Waals surface area contributed by atoms with Crippen LogP contribution >= 0.6 is 0 Å². The molecule has 1 unspecified atom stereocenters. The first-order valence-electron chi connectivity index (χ1n) is 13.5. The third-order valence-corrected chi connectivity index (χ3v) is 7.30. The van der Waals surface area contributed by atoms with E-state index in [9.17, 15) is 18.0 Å². The van der Waals surface area contributed by atoms with Crippen molar-refractivity contribution < 1.29 is 36.2 Å². The molecule has 2 aromatic heterocycles. The first-order valence-corrected chi connectivity index (χ1v) is 15.3. The number of hydrogen-bond donors (Lipinski definition) is 3. The van der Waals surface area contributed by atoms with Gasteiger partial charge in [0, 0.05) is 29.3 Å². The summed E-state index contributed by atoms with van der Waals surface area (Å²) in [5.74, 6) is 1.00. The van der Waals surface area contributed by atoms with Crippen molar-refractivity contribution in [2.45, 2.75) is 58.6 Å². The molecule has 1 aromatic carbocycles. The van der Waals surface area contributed by atoms with E-state index in [-0.39, 0.29) is 27.9 Å². The summed E-state index contributed by atoms with van der Waals surface area (Å²) in [4.78, 5) is 29.2. The lowest BCUT2D eigenvalue weighted by Gasteiger charge is -2.33. The quantitative estimate of drug-likeness (QED) is 0.299. The molecule has 1 fully saturated rings. The first-order chi connectivity index (χ1) is 19.6. The van der Waals surface area contributed by atoms with E-state index in [1.807, 2.05) is 34.6 Å². The van der Waals surface area contributed by atoms with E-state index < -0.39 is 22.1 Å². The van der Waals surface area contributed by atoms with Gasteiger partial charge >= 0.3 is 16.1 Å². The number of hydrogen-bond acceptors (Lipinski definition) is 9. The van der Waals surface area contributed by atoms with Gasteiger partial charge in [0.15, 0.2) is 11.9 Å². The van der Waals surface area contributed by atoms with Crippen molar-refractivity contribution >= 4 is 39.2 Å². The number of amides is 3. The lowest BCUT2D eigenvalue weighted by atomic mass is 9.93. The van der Waals surface area contributed by atoms with Gasteiger partial charge in [0.05, 0.1) is 12.5 Å². The zero-order valence-corrected chi connectivity index (χ0v) is 25.3. The highest BCUT2D eigenvalue weighted by Crippen LogP contribution is 2.29. The van der Waals surface area contributed by atoms with Crippen molar-refractivity contribution in [3.8, 4) is 5.75 Å². The molecule has 0 saturated carbocycles. The summed E-state index contributed by atoms with van der Waals surface area (Å²) in [6.45, 7) is 10.6. The monoisotopic (exact) mass is 601 g/mol. The van der Waals surface area contributed by atoms with E-state index >= 15 is 0 Å². The molecule has 3 N–H and O–H groups in total. The summed E-state index contributed by atoms with van der Waals surface area (Å²) < 4.78 is 40.2. The molecule has 0 radical (unpaired) electrons. The summed E-state index contributed by atoms with van der Waals surface area (Å²) in [7, 11) is -3.64. The fraction of sp³-hybridized carbons (Fsp3) is 0.429. The largest absolute Gasteiger partial charge is 0.483 e. The summed E-state index contributed by atoms with van der Waals surface area (Å²) in [6.07, 6.45) is 2.85. The number of aromatic nitrogens is 2. The second-order valence-electron chi connectivity index (χ2n) is 11.6. The maximum atomic E-state index is 12.7. The predicted octanol–water partition coefficient (Wildman–Crippen LogP) is 4.53. The minimum Gasteiger partial charge on any atom is -0.483 e. The number of ether oxygens (including phenoxy) is 1. The van der Waals surface area contributed by atoms with Crippen LogP contribution in [0.15, 0.2) is 53.2 Å². The molecule has 3 aromatic rings. The third kappa shape index (κ3) is 8.05. The van der Waals surface area contributed by atoms with Gasteiger partial charge < -0.3 is 19.9 Å². The van der Waals surface area contributed by atoms with E-state index in [1.165, 1.54) is 6.20 Å². The molecular formula is C28H37N6O7S+. The van der Waals surface area contributed by atoms with Crippen molar-refractivity contribution in [2.75, 3.05) is 35.3 Å². The SMILES string of the molecule is CC(C)[N+]1(OS(C)(=O)=O)CC[C@@H](Oc2ccc(C(=O)Nc3ccc(NC(=O)Nc4cc(C(C)(C)C)on4)cc3)nc2)C1. The molecule has 0 aliphatic carbocycles. The molecule has 3 amide bonds. The smallest absolute Gasteiger partial charge is 0.324 e. The molecule has 3 heterocycles. The minimum absolute atomic E-state index is 0.0315. The average Bonchev–Trinajstić information content (AvgIpc) is 3.52. The van der Waals surface area contributed by atoms with Crippen LogP contribution < -0.4 is 20.7 Å². The van der Waals surface area contributed by atoms with E-state index in [0.717, 1.165) is 6.26 Å². The Morgan fingerprint density at radius 2 is 1.71 bits per heavy atom. The lowest BCUT2D eigenvalue weighted by molar-refractivity contribution is -1.09. The Balaban J connectivity index is 1.28. The normalized spacial score (nSPS) is 19.0. The number of rotatable bonds is 9. The van der Waals surface area contributed by atoms with Crippen LogP contribution in [-0.4, -0.2) is 66.6 Å². The number of quaternary nitrogens is 1. The zero-order valence-electron chi connectivity index (χ0n) is 24.5. The van der Waals surface area contributed by atoms with Crippen LogP contribution in [0, 0.1) is 0 Å².